The summed E-state index contributed by atoms with van der Waals surface area (Å²) in [6.07, 6.45) is 7.76. The topological polar surface area (TPSA) is 54.0 Å². The van der Waals surface area contributed by atoms with Crippen molar-refractivity contribution < 1.29 is 4.79 Å². The molecule has 0 saturated heterocycles. The van der Waals surface area contributed by atoms with Crippen LogP contribution in [0.4, 0.5) is 4.79 Å². The molecule has 1 aromatic carbocycles. The van der Waals surface area contributed by atoms with Crippen LogP contribution in [0.15, 0.2) is 36.5 Å². The largest absolute Gasteiger partial charge is 0.335 e. The molecule has 0 bridgehead atoms. The van der Waals surface area contributed by atoms with E-state index in [9.17, 15) is 4.79 Å². The van der Waals surface area contributed by atoms with Crippen LogP contribution in [0.2, 0.25) is 0 Å². The number of nitrogens with one attached hydrogen (secondary N) is 2. The Hall–Kier alpha value is -2.10. The quantitative estimate of drug-likeness (QED) is 0.907. The molecule has 2 amide bonds. The Morgan fingerprint density at radius 3 is 2.86 bits per heavy atom. The first-order chi connectivity index (χ1) is 10.3. The number of amides is 2. The van der Waals surface area contributed by atoms with Crippen molar-refractivity contribution >= 4 is 16.9 Å². The van der Waals surface area contributed by atoms with Gasteiger partial charge >= 0.3 is 6.03 Å². The van der Waals surface area contributed by atoms with E-state index < -0.39 is 0 Å². The van der Waals surface area contributed by atoms with E-state index in [0.29, 0.717) is 12.6 Å². The van der Waals surface area contributed by atoms with Gasteiger partial charge in [-0.2, -0.15) is 0 Å². The predicted molar refractivity (Wildman–Crippen MR) is 84.0 cm³/mol. The number of urea groups is 1. The first-order valence-corrected chi connectivity index (χ1v) is 7.69. The number of hydrogen-bond donors (Lipinski definition) is 2. The summed E-state index contributed by atoms with van der Waals surface area (Å²) in [4.78, 5) is 16.3. The van der Waals surface area contributed by atoms with Crippen LogP contribution in [-0.2, 0) is 6.54 Å². The maximum Gasteiger partial charge on any atom is 0.315 e. The summed E-state index contributed by atoms with van der Waals surface area (Å²) < 4.78 is 0. The second-order valence-electron chi connectivity index (χ2n) is 5.70. The lowest BCUT2D eigenvalue weighted by molar-refractivity contribution is 0.232. The fourth-order valence-electron chi connectivity index (χ4n) is 2.88. The Morgan fingerprint density at radius 1 is 1.19 bits per heavy atom. The van der Waals surface area contributed by atoms with Crippen molar-refractivity contribution in [2.24, 2.45) is 0 Å². The Balaban J connectivity index is 1.54. The molecule has 0 unspecified atom stereocenters. The molecular formula is C17H21N3O. The van der Waals surface area contributed by atoms with Crippen LogP contribution in [0.25, 0.3) is 10.9 Å². The number of hydrogen-bond acceptors (Lipinski definition) is 2. The predicted octanol–water partition coefficient (Wildman–Crippen LogP) is 3.37. The number of carbonyl (C=O) groups is 1. The highest BCUT2D eigenvalue weighted by Gasteiger charge is 2.15. The molecule has 1 aliphatic carbocycles. The molecule has 2 N–H and O–H groups in total. The van der Waals surface area contributed by atoms with Crippen LogP contribution in [0.1, 0.15) is 37.7 Å². The number of para-hydroxylation sites is 1. The molecule has 1 fully saturated rings. The van der Waals surface area contributed by atoms with Gasteiger partial charge in [-0.05, 0) is 30.5 Å². The van der Waals surface area contributed by atoms with Crippen molar-refractivity contribution in [2.45, 2.75) is 44.7 Å². The van der Waals surface area contributed by atoms with Gasteiger partial charge in [0.05, 0.1) is 5.52 Å². The molecule has 0 radical (unpaired) electrons. The summed E-state index contributed by atoms with van der Waals surface area (Å²) in [6.45, 7) is 0.510. The smallest absolute Gasteiger partial charge is 0.315 e. The molecule has 0 aliphatic heterocycles. The zero-order chi connectivity index (χ0) is 14.5. The molecule has 4 nitrogen and oxygen atoms in total. The summed E-state index contributed by atoms with van der Waals surface area (Å²) in [7, 11) is 0. The van der Waals surface area contributed by atoms with Gasteiger partial charge in [0.2, 0.25) is 0 Å². The van der Waals surface area contributed by atoms with Gasteiger partial charge in [0, 0.05) is 24.2 Å². The molecule has 110 valence electrons. The minimum Gasteiger partial charge on any atom is -0.335 e. The maximum atomic E-state index is 11.9. The fraction of sp³-hybridized carbons (Fsp3) is 0.412. The highest BCUT2D eigenvalue weighted by Crippen LogP contribution is 2.17. The van der Waals surface area contributed by atoms with Crippen LogP contribution >= 0.6 is 0 Å². The molecule has 3 rings (SSSR count). The zero-order valence-electron chi connectivity index (χ0n) is 12.1. The normalized spacial score (nSPS) is 15.8. The number of nitrogens with zero attached hydrogens (tertiary/aromatic N) is 1. The molecular weight excluding hydrogens is 262 g/mol. The number of carbonyl (C=O) groups excluding carboxylic acids is 1. The summed E-state index contributed by atoms with van der Waals surface area (Å²) in [6, 6.07) is 10.3. The van der Waals surface area contributed by atoms with Gasteiger partial charge in [-0.1, -0.05) is 37.5 Å². The molecule has 0 atom stereocenters. The first-order valence-electron chi connectivity index (χ1n) is 7.69. The molecule has 1 aromatic heterocycles. The lowest BCUT2D eigenvalue weighted by Gasteiger charge is -2.22. The van der Waals surface area contributed by atoms with Crippen molar-refractivity contribution in [3.63, 3.8) is 0 Å². The molecule has 2 aromatic rings. The monoisotopic (exact) mass is 283 g/mol. The van der Waals surface area contributed by atoms with Crippen molar-refractivity contribution in [3.05, 3.63) is 42.1 Å². The van der Waals surface area contributed by atoms with Crippen LogP contribution in [0, 0.1) is 0 Å². The Labute approximate surface area is 125 Å². The van der Waals surface area contributed by atoms with Crippen molar-refractivity contribution in [2.75, 3.05) is 0 Å². The SMILES string of the molecule is O=C(NCc1cnc2ccccc2c1)NC1CCCCC1. The van der Waals surface area contributed by atoms with Gasteiger partial charge in [-0.15, -0.1) is 0 Å². The van der Waals surface area contributed by atoms with Crippen molar-refractivity contribution in [1.29, 1.82) is 0 Å². The average Bonchev–Trinajstić information content (AvgIpc) is 2.54. The minimum atomic E-state index is -0.0740. The molecule has 4 heteroatoms. The van der Waals surface area contributed by atoms with E-state index in [4.69, 9.17) is 0 Å². The van der Waals surface area contributed by atoms with E-state index in [2.05, 4.69) is 21.7 Å². The second kappa shape index (κ2) is 6.57. The highest BCUT2D eigenvalue weighted by atomic mass is 16.2. The fourth-order valence-corrected chi connectivity index (χ4v) is 2.88. The van der Waals surface area contributed by atoms with Crippen LogP contribution in [-0.4, -0.2) is 17.1 Å². The third kappa shape index (κ3) is 3.72. The van der Waals surface area contributed by atoms with Gasteiger partial charge in [-0.25, -0.2) is 4.79 Å². The first kappa shape index (κ1) is 13.9. The standard InChI is InChI=1S/C17H21N3O/c21-17(20-15-7-2-1-3-8-15)19-12-13-10-14-6-4-5-9-16(14)18-11-13/h4-6,9-11,15H,1-3,7-8,12H2,(H2,19,20,21). The van der Waals surface area contributed by atoms with Crippen molar-refractivity contribution in [1.82, 2.24) is 15.6 Å². The average molecular weight is 283 g/mol. The third-order valence-electron chi connectivity index (χ3n) is 4.04. The summed E-state index contributed by atoms with van der Waals surface area (Å²) in [5, 5.41) is 7.08. The van der Waals surface area contributed by atoms with Gasteiger partial charge in [0.1, 0.15) is 0 Å². The lowest BCUT2D eigenvalue weighted by Crippen LogP contribution is -2.42. The van der Waals surface area contributed by atoms with E-state index >= 15 is 0 Å². The highest BCUT2D eigenvalue weighted by molar-refractivity contribution is 5.79. The summed E-state index contributed by atoms with van der Waals surface area (Å²) in [5.41, 5.74) is 2.00. The minimum absolute atomic E-state index is 0.0740. The number of rotatable bonds is 3. The second-order valence-corrected chi connectivity index (χ2v) is 5.70. The number of pyridine rings is 1. The summed E-state index contributed by atoms with van der Waals surface area (Å²) in [5.74, 6) is 0. The molecule has 21 heavy (non-hydrogen) atoms. The Bertz CT molecular complexity index is 620. The van der Waals surface area contributed by atoms with Gasteiger partial charge in [0.25, 0.3) is 0 Å². The Morgan fingerprint density at radius 2 is 2.00 bits per heavy atom. The maximum absolute atomic E-state index is 11.9. The molecule has 1 saturated carbocycles. The van der Waals surface area contributed by atoms with Crippen LogP contribution in [0.3, 0.4) is 0 Å². The van der Waals surface area contributed by atoms with E-state index in [0.717, 1.165) is 29.3 Å². The molecule has 1 heterocycles. The van der Waals surface area contributed by atoms with E-state index in [1.807, 2.05) is 30.5 Å². The van der Waals surface area contributed by atoms with Gasteiger partial charge in [0.15, 0.2) is 0 Å². The lowest BCUT2D eigenvalue weighted by atomic mass is 9.96. The number of aromatic nitrogens is 1. The number of benzene rings is 1. The zero-order valence-corrected chi connectivity index (χ0v) is 12.1. The van der Waals surface area contributed by atoms with E-state index in [-0.39, 0.29) is 6.03 Å². The van der Waals surface area contributed by atoms with Crippen LogP contribution < -0.4 is 10.6 Å². The third-order valence-corrected chi connectivity index (χ3v) is 4.04. The van der Waals surface area contributed by atoms with Gasteiger partial charge < -0.3 is 10.6 Å². The Kier molecular flexibility index (Phi) is 4.34. The van der Waals surface area contributed by atoms with E-state index in [1.54, 1.807) is 0 Å². The summed E-state index contributed by atoms with van der Waals surface area (Å²) >= 11 is 0. The van der Waals surface area contributed by atoms with Crippen LogP contribution in [0.5, 0.6) is 0 Å². The number of fused-ring (bicyclic) bond motifs is 1. The molecule has 0 spiro atoms. The van der Waals surface area contributed by atoms with E-state index in [1.165, 1.54) is 19.3 Å². The van der Waals surface area contributed by atoms with Gasteiger partial charge in [-0.3, -0.25) is 4.98 Å². The molecule has 1 aliphatic rings. The van der Waals surface area contributed by atoms with Crippen molar-refractivity contribution in [3.8, 4) is 0 Å².